The van der Waals surface area contributed by atoms with Crippen LogP contribution >= 0.6 is 12.4 Å². The van der Waals surface area contributed by atoms with Gasteiger partial charge in [-0.05, 0) is 25.1 Å². The van der Waals surface area contributed by atoms with Crippen LogP contribution in [0.25, 0.3) is 0 Å². The Balaban J connectivity index is 0.00000200. The summed E-state index contributed by atoms with van der Waals surface area (Å²) in [5, 5.41) is 3.14. The smallest absolute Gasteiger partial charge is 0.243 e. The normalized spacial score (nSPS) is 17.1. The van der Waals surface area contributed by atoms with E-state index in [0.29, 0.717) is 19.6 Å². The zero-order valence-corrected chi connectivity index (χ0v) is 12.8. The first-order chi connectivity index (χ1) is 9.05. The Morgan fingerprint density at radius 2 is 2.05 bits per heavy atom. The van der Waals surface area contributed by atoms with E-state index >= 15 is 0 Å². The molecule has 1 aromatic carbocycles. The number of hydrogen-bond acceptors (Lipinski definition) is 4. The summed E-state index contributed by atoms with van der Waals surface area (Å²) < 4.78 is 44.4. The van der Waals surface area contributed by atoms with Crippen molar-refractivity contribution in [2.24, 2.45) is 0 Å². The second-order valence-electron chi connectivity index (χ2n) is 4.30. The van der Waals surface area contributed by atoms with Crippen LogP contribution in [0, 0.1) is 5.82 Å². The van der Waals surface area contributed by atoms with Crippen molar-refractivity contribution < 1.29 is 17.5 Å². The topological polar surface area (TPSA) is 58.6 Å². The largest absolute Gasteiger partial charge is 0.494 e. The van der Waals surface area contributed by atoms with Crippen molar-refractivity contribution in [1.82, 2.24) is 9.62 Å². The van der Waals surface area contributed by atoms with Crippen LogP contribution in [0.3, 0.4) is 0 Å². The van der Waals surface area contributed by atoms with E-state index in [1.807, 2.05) is 0 Å². The summed E-state index contributed by atoms with van der Waals surface area (Å²) in [6, 6.07) is 3.61. The summed E-state index contributed by atoms with van der Waals surface area (Å²) in [6.45, 7) is 2.31. The number of methoxy groups -OCH3 is 1. The van der Waals surface area contributed by atoms with Crippen molar-refractivity contribution in [2.75, 3.05) is 33.3 Å². The van der Waals surface area contributed by atoms with Gasteiger partial charge in [-0.1, -0.05) is 0 Å². The Morgan fingerprint density at radius 1 is 1.30 bits per heavy atom. The zero-order chi connectivity index (χ0) is 13.9. The lowest BCUT2D eigenvalue weighted by molar-refractivity contribution is 0.384. The molecule has 0 amide bonds. The number of ether oxygens (including phenoxy) is 1. The van der Waals surface area contributed by atoms with E-state index in [1.165, 1.54) is 23.5 Å². The van der Waals surface area contributed by atoms with E-state index in [9.17, 15) is 12.8 Å². The van der Waals surface area contributed by atoms with Crippen LogP contribution in [0.1, 0.15) is 6.42 Å². The minimum absolute atomic E-state index is 0. The summed E-state index contributed by atoms with van der Waals surface area (Å²) in [5.41, 5.74) is 0. The summed E-state index contributed by atoms with van der Waals surface area (Å²) in [7, 11) is -2.28. The number of benzene rings is 1. The molecular weight excluding hydrogens is 307 g/mol. The Labute approximate surface area is 124 Å². The van der Waals surface area contributed by atoms with Crippen molar-refractivity contribution in [1.29, 1.82) is 0 Å². The third-order valence-electron chi connectivity index (χ3n) is 3.06. The monoisotopic (exact) mass is 324 g/mol. The molecule has 0 aliphatic carbocycles. The number of rotatable bonds is 3. The van der Waals surface area contributed by atoms with Crippen molar-refractivity contribution in [2.45, 2.75) is 11.3 Å². The maximum absolute atomic E-state index is 13.3. The quantitative estimate of drug-likeness (QED) is 0.909. The maximum Gasteiger partial charge on any atom is 0.243 e. The molecule has 0 saturated carbocycles. The van der Waals surface area contributed by atoms with Crippen LogP contribution in [0.4, 0.5) is 4.39 Å². The van der Waals surface area contributed by atoms with Crippen LogP contribution in [0.15, 0.2) is 23.1 Å². The highest BCUT2D eigenvalue weighted by Gasteiger charge is 2.25. The fourth-order valence-electron chi connectivity index (χ4n) is 2.01. The molecule has 1 saturated heterocycles. The van der Waals surface area contributed by atoms with Crippen LogP contribution < -0.4 is 10.1 Å². The summed E-state index contributed by atoms with van der Waals surface area (Å²) >= 11 is 0. The van der Waals surface area contributed by atoms with Gasteiger partial charge in [0, 0.05) is 25.7 Å². The van der Waals surface area contributed by atoms with Gasteiger partial charge in [-0.2, -0.15) is 4.31 Å². The van der Waals surface area contributed by atoms with Gasteiger partial charge in [0.1, 0.15) is 0 Å². The SMILES string of the molecule is COc1cc(S(=O)(=O)N2CCCNCC2)ccc1F.Cl. The highest BCUT2D eigenvalue weighted by atomic mass is 35.5. The van der Waals surface area contributed by atoms with E-state index in [0.717, 1.165) is 19.0 Å². The van der Waals surface area contributed by atoms with Gasteiger partial charge in [0.15, 0.2) is 11.6 Å². The molecule has 8 heteroatoms. The molecule has 0 spiro atoms. The third-order valence-corrected chi connectivity index (χ3v) is 4.95. The predicted octanol–water partition coefficient (Wildman–Crippen LogP) is 1.24. The van der Waals surface area contributed by atoms with Gasteiger partial charge in [-0.25, -0.2) is 12.8 Å². The molecular formula is C12H18ClFN2O3S. The molecule has 0 bridgehead atoms. The summed E-state index contributed by atoms with van der Waals surface area (Å²) in [5.74, 6) is -0.631. The van der Waals surface area contributed by atoms with Crippen molar-refractivity contribution in [3.8, 4) is 5.75 Å². The lowest BCUT2D eigenvalue weighted by Gasteiger charge is -2.19. The lowest BCUT2D eigenvalue weighted by atomic mass is 10.3. The Bertz CT molecular complexity index is 546. The van der Waals surface area contributed by atoms with Crippen molar-refractivity contribution >= 4 is 22.4 Å². The highest BCUT2D eigenvalue weighted by molar-refractivity contribution is 7.89. The summed E-state index contributed by atoms with van der Waals surface area (Å²) in [6.07, 6.45) is 0.761. The molecule has 1 aliphatic heterocycles. The van der Waals surface area contributed by atoms with Gasteiger partial charge in [0.2, 0.25) is 10.0 Å². The number of nitrogens with zero attached hydrogens (tertiary/aromatic N) is 1. The maximum atomic E-state index is 13.3. The van der Waals surface area contributed by atoms with Gasteiger partial charge >= 0.3 is 0 Å². The van der Waals surface area contributed by atoms with Crippen LogP contribution in [-0.4, -0.2) is 46.0 Å². The molecule has 1 fully saturated rings. The number of halogens is 2. The molecule has 5 nitrogen and oxygen atoms in total. The van der Waals surface area contributed by atoms with Gasteiger partial charge in [0.25, 0.3) is 0 Å². The molecule has 0 aromatic heterocycles. The van der Waals surface area contributed by atoms with E-state index in [4.69, 9.17) is 4.74 Å². The molecule has 20 heavy (non-hydrogen) atoms. The van der Waals surface area contributed by atoms with Crippen LogP contribution in [-0.2, 0) is 10.0 Å². The number of nitrogens with one attached hydrogen (secondary N) is 1. The molecule has 114 valence electrons. The average Bonchev–Trinajstić information content (AvgIpc) is 2.68. The van der Waals surface area contributed by atoms with Gasteiger partial charge in [0.05, 0.1) is 12.0 Å². The Hall–Kier alpha value is -0.890. The second kappa shape index (κ2) is 7.21. The molecule has 1 heterocycles. The van der Waals surface area contributed by atoms with E-state index in [2.05, 4.69) is 5.32 Å². The molecule has 0 unspecified atom stereocenters. The van der Waals surface area contributed by atoms with E-state index < -0.39 is 15.8 Å². The fourth-order valence-corrected chi connectivity index (χ4v) is 3.51. The van der Waals surface area contributed by atoms with E-state index in [-0.39, 0.29) is 23.1 Å². The molecule has 1 N–H and O–H groups in total. The zero-order valence-electron chi connectivity index (χ0n) is 11.1. The minimum Gasteiger partial charge on any atom is -0.494 e. The first kappa shape index (κ1) is 17.2. The standard InChI is InChI=1S/C12H17FN2O3S.ClH/c1-18-12-9-10(3-4-11(12)13)19(16,17)15-7-2-5-14-6-8-15;/h3-4,9,14H,2,5-8H2,1H3;1H. The number of sulfonamides is 1. The molecule has 1 aliphatic rings. The van der Waals surface area contributed by atoms with Crippen molar-refractivity contribution in [3.05, 3.63) is 24.0 Å². The third kappa shape index (κ3) is 3.60. The number of hydrogen-bond donors (Lipinski definition) is 1. The van der Waals surface area contributed by atoms with Gasteiger partial charge in [-0.15, -0.1) is 12.4 Å². The average molecular weight is 325 g/mol. The van der Waals surface area contributed by atoms with Gasteiger partial charge in [-0.3, -0.25) is 0 Å². The van der Waals surface area contributed by atoms with Gasteiger partial charge < -0.3 is 10.1 Å². The Kier molecular flexibility index (Phi) is 6.19. The molecule has 2 rings (SSSR count). The highest BCUT2D eigenvalue weighted by Crippen LogP contribution is 2.24. The van der Waals surface area contributed by atoms with Crippen LogP contribution in [0.2, 0.25) is 0 Å². The molecule has 1 aromatic rings. The van der Waals surface area contributed by atoms with E-state index in [1.54, 1.807) is 0 Å². The fraction of sp³-hybridized carbons (Fsp3) is 0.500. The Morgan fingerprint density at radius 3 is 2.75 bits per heavy atom. The predicted molar refractivity (Wildman–Crippen MR) is 76.4 cm³/mol. The minimum atomic E-state index is -3.59. The lowest BCUT2D eigenvalue weighted by Crippen LogP contribution is -2.34. The first-order valence-electron chi connectivity index (χ1n) is 6.10. The summed E-state index contributed by atoms with van der Waals surface area (Å²) in [4.78, 5) is 0.0626. The van der Waals surface area contributed by atoms with Crippen LogP contribution in [0.5, 0.6) is 5.75 Å². The van der Waals surface area contributed by atoms with Crippen molar-refractivity contribution in [3.63, 3.8) is 0 Å². The first-order valence-corrected chi connectivity index (χ1v) is 7.54. The molecule has 0 radical (unpaired) electrons. The second-order valence-corrected chi connectivity index (χ2v) is 6.24. The molecule has 0 atom stereocenters.